The molecule has 4 nitrogen and oxygen atoms in total. The van der Waals surface area contributed by atoms with Gasteiger partial charge < -0.3 is 14.8 Å². The number of fused-ring (bicyclic) bond motifs is 1. The minimum absolute atomic E-state index is 0.0958. The van der Waals surface area contributed by atoms with E-state index in [4.69, 9.17) is 9.47 Å². The molecule has 1 heterocycles. The van der Waals surface area contributed by atoms with Gasteiger partial charge in [0.15, 0.2) is 6.10 Å². The third kappa shape index (κ3) is 4.44. The van der Waals surface area contributed by atoms with Crippen molar-refractivity contribution in [3.05, 3.63) is 58.7 Å². The molecule has 1 aliphatic heterocycles. The number of aryl methyl sites for hydroxylation is 3. The second-order valence-electron chi connectivity index (χ2n) is 8.20. The smallest absolute Gasteiger partial charge is 0.261 e. The summed E-state index contributed by atoms with van der Waals surface area (Å²) >= 11 is 0. The van der Waals surface area contributed by atoms with Crippen LogP contribution in [0.4, 0.5) is 0 Å². The normalized spacial score (nSPS) is 18.8. The molecule has 0 saturated carbocycles. The van der Waals surface area contributed by atoms with E-state index in [-0.39, 0.29) is 17.6 Å². The van der Waals surface area contributed by atoms with Crippen LogP contribution in [0.5, 0.6) is 11.5 Å². The summed E-state index contributed by atoms with van der Waals surface area (Å²) in [5.41, 5.74) is 3.96. The Bertz CT molecular complexity index is 857. The molecule has 0 bridgehead atoms. The summed E-state index contributed by atoms with van der Waals surface area (Å²) in [7, 11) is 0. The molecular formula is C23H29NO3. The number of carbonyl (C=O) groups is 1. The molecule has 0 spiro atoms. The Morgan fingerprint density at radius 1 is 1.15 bits per heavy atom. The predicted octanol–water partition coefficient (Wildman–Crippen LogP) is 4.80. The Balaban J connectivity index is 1.76. The number of carbonyl (C=O) groups excluding carboxylic acids is 1. The Kier molecular flexibility index (Phi) is 5.18. The van der Waals surface area contributed by atoms with Crippen LogP contribution in [0.25, 0.3) is 0 Å². The van der Waals surface area contributed by atoms with Crippen LogP contribution in [0.2, 0.25) is 0 Å². The molecule has 0 aromatic heterocycles. The van der Waals surface area contributed by atoms with E-state index in [0.717, 1.165) is 33.8 Å². The summed E-state index contributed by atoms with van der Waals surface area (Å²) in [6.45, 7) is 11.9. The summed E-state index contributed by atoms with van der Waals surface area (Å²) in [4.78, 5) is 12.8. The summed E-state index contributed by atoms with van der Waals surface area (Å²) in [6, 6.07) is 12.0. The maximum atomic E-state index is 12.8. The lowest BCUT2D eigenvalue weighted by molar-refractivity contribution is -0.128. The zero-order valence-corrected chi connectivity index (χ0v) is 17.1. The van der Waals surface area contributed by atoms with Crippen LogP contribution < -0.4 is 14.8 Å². The number of hydrogen-bond acceptors (Lipinski definition) is 3. The number of nitrogens with one attached hydrogen (secondary N) is 1. The van der Waals surface area contributed by atoms with E-state index in [1.807, 2.05) is 65.0 Å². The molecule has 0 aliphatic carbocycles. The van der Waals surface area contributed by atoms with Crippen LogP contribution in [0, 0.1) is 20.8 Å². The van der Waals surface area contributed by atoms with Gasteiger partial charge in [-0.05, 0) is 70.4 Å². The molecule has 3 rings (SSSR count). The summed E-state index contributed by atoms with van der Waals surface area (Å²) in [6.07, 6.45) is 0.135. The molecule has 1 amide bonds. The molecule has 2 aromatic carbocycles. The zero-order valence-electron chi connectivity index (χ0n) is 17.1. The third-order valence-corrected chi connectivity index (χ3v) is 4.96. The Labute approximate surface area is 161 Å². The van der Waals surface area contributed by atoms with Crippen LogP contribution in [0.1, 0.15) is 55.5 Å². The minimum atomic E-state index is -0.578. The van der Waals surface area contributed by atoms with Gasteiger partial charge in [0.1, 0.15) is 17.1 Å². The lowest BCUT2D eigenvalue weighted by Gasteiger charge is -2.38. The van der Waals surface area contributed by atoms with Crippen molar-refractivity contribution < 1.29 is 14.3 Å². The van der Waals surface area contributed by atoms with Gasteiger partial charge in [0, 0.05) is 12.0 Å². The van der Waals surface area contributed by atoms with E-state index in [1.54, 1.807) is 6.92 Å². The third-order valence-electron chi connectivity index (χ3n) is 4.96. The van der Waals surface area contributed by atoms with Crippen LogP contribution in [0.3, 0.4) is 0 Å². The second kappa shape index (κ2) is 7.26. The first-order valence-corrected chi connectivity index (χ1v) is 9.48. The van der Waals surface area contributed by atoms with Crippen molar-refractivity contribution in [3.8, 4) is 11.5 Å². The molecule has 2 atom stereocenters. The van der Waals surface area contributed by atoms with Crippen molar-refractivity contribution in [2.24, 2.45) is 0 Å². The molecule has 0 saturated heterocycles. The number of ether oxygens (including phenoxy) is 2. The zero-order chi connectivity index (χ0) is 19.8. The molecule has 1 N–H and O–H groups in total. The van der Waals surface area contributed by atoms with Gasteiger partial charge in [-0.2, -0.15) is 0 Å². The van der Waals surface area contributed by atoms with Gasteiger partial charge in [-0.3, -0.25) is 4.79 Å². The first-order chi connectivity index (χ1) is 12.6. The van der Waals surface area contributed by atoms with E-state index >= 15 is 0 Å². The van der Waals surface area contributed by atoms with E-state index < -0.39 is 6.10 Å². The van der Waals surface area contributed by atoms with Crippen molar-refractivity contribution >= 4 is 5.91 Å². The predicted molar refractivity (Wildman–Crippen MR) is 107 cm³/mol. The monoisotopic (exact) mass is 367 g/mol. The SMILES string of the molecule is Cc1ccc(C)c(O[C@H](C)C(=O)N[C@@H]2CC(C)(C)Oc3cc(C)ccc32)c1. The fraction of sp³-hybridized carbons (Fsp3) is 0.435. The van der Waals surface area contributed by atoms with E-state index in [0.29, 0.717) is 6.42 Å². The minimum Gasteiger partial charge on any atom is -0.487 e. The lowest BCUT2D eigenvalue weighted by Crippen LogP contribution is -2.44. The van der Waals surface area contributed by atoms with Crippen molar-refractivity contribution in [2.75, 3.05) is 0 Å². The highest BCUT2D eigenvalue weighted by Crippen LogP contribution is 2.40. The molecule has 27 heavy (non-hydrogen) atoms. The molecule has 4 heteroatoms. The van der Waals surface area contributed by atoms with Crippen LogP contribution in [0.15, 0.2) is 36.4 Å². The Morgan fingerprint density at radius 3 is 2.56 bits per heavy atom. The summed E-state index contributed by atoms with van der Waals surface area (Å²) in [5, 5.41) is 3.16. The van der Waals surface area contributed by atoms with Crippen molar-refractivity contribution in [1.29, 1.82) is 0 Å². The Morgan fingerprint density at radius 2 is 1.81 bits per heavy atom. The van der Waals surface area contributed by atoms with E-state index in [9.17, 15) is 4.79 Å². The van der Waals surface area contributed by atoms with Gasteiger partial charge in [0.05, 0.1) is 6.04 Å². The quantitative estimate of drug-likeness (QED) is 0.844. The average molecular weight is 367 g/mol. The topological polar surface area (TPSA) is 47.6 Å². The number of rotatable bonds is 4. The second-order valence-corrected chi connectivity index (χ2v) is 8.20. The van der Waals surface area contributed by atoms with Crippen LogP contribution in [-0.4, -0.2) is 17.6 Å². The fourth-order valence-corrected chi connectivity index (χ4v) is 3.45. The standard InChI is InChI=1S/C23H29NO3/c1-14-7-9-16(3)20(11-14)26-17(4)22(25)24-19-13-23(5,6)27-21-12-15(2)8-10-18(19)21/h7-12,17,19H,13H2,1-6H3,(H,24,25)/t17-,19-/m1/s1. The van der Waals surface area contributed by atoms with Gasteiger partial charge in [0.2, 0.25) is 0 Å². The van der Waals surface area contributed by atoms with Gasteiger partial charge in [-0.1, -0.05) is 24.3 Å². The number of hydrogen-bond donors (Lipinski definition) is 1. The average Bonchev–Trinajstić information content (AvgIpc) is 2.56. The molecule has 0 unspecified atom stereocenters. The first kappa shape index (κ1) is 19.3. The van der Waals surface area contributed by atoms with Crippen LogP contribution in [-0.2, 0) is 4.79 Å². The number of benzene rings is 2. The van der Waals surface area contributed by atoms with E-state index in [1.165, 1.54) is 0 Å². The number of amides is 1. The van der Waals surface area contributed by atoms with Gasteiger partial charge in [-0.15, -0.1) is 0 Å². The molecule has 2 aromatic rings. The maximum Gasteiger partial charge on any atom is 0.261 e. The molecule has 0 fully saturated rings. The molecule has 144 valence electrons. The van der Waals surface area contributed by atoms with Crippen molar-refractivity contribution in [1.82, 2.24) is 5.32 Å². The summed E-state index contributed by atoms with van der Waals surface area (Å²) in [5.74, 6) is 1.48. The van der Waals surface area contributed by atoms with Gasteiger partial charge in [-0.25, -0.2) is 0 Å². The largest absolute Gasteiger partial charge is 0.487 e. The highest BCUT2D eigenvalue weighted by Gasteiger charge is 2.35. The van der Waals surface area contributed by atoms with Gasteiger partial charge in [0.25, 0.3) is 5.91 Å². The fourth-order valence-electron chi connectivity index (χ4n) is 3.45. The van der Waals surface area contributed by atoms with Crippen LogP contribution >= 0.6 is 0 Å². The summed E-state index contributed by atoms with van der Waals surface area (Å²) < 4.78 is 12.1. The van der Waals surface area contributed by atoms with E-state index in [2.05, 4.69) is 11.4 Å². The highest BCUT2D eigenvalue weighted by atomic mass is 16.5. The first-order valence-electron chi connectivity index (χ1n) is 9.48. The molecule has 0 radical (unpaired) electrons. The van der Waals surface area contributed by atoms with Crippen molar-refractivity contribution in [3.63, 3.8) is 0 Å². The lowest BCUT2D eigenvalue weighted by atomic mass is 9.89. The molecular weight excluding hydrogens is 338 g/mol. The van der Waals surface area contributed by atoms with Gasteiger partial charge >= 0.3 is 0 Å². The molecule has 1 aliphatic rings. The van der Waals surface area contributed by atoms with Crippen molar-refractivity contribution in [2.45, 2.75) is 65.7 Å². The highest BCUT2D eigenvalue weighted by molar-refractivity contribution is 5.81. The Hall–Kier alpha value is -2.49. The maximum absolute atomic E-state index is 12.8.